The predicted molar refractivity (Wildman–Crippen MR) is 65.8 cm³/mol. The fourth-order valence-electron chi connectivity index (χ4n) is 1.43. The quantitative estimate of drug-likeness (QED) is 0.627. The molecule has 2 rings (SSSR count). The van der Waals surface area contributed by atoms with Crippen molar-refractivity contribution >= 4 is 5.82 Å². The molecule has 0 unspecified atom stereocenters. The minimum absolute atomic E-state index is 0.332. The van der Waals surface area contributed by atoms with Crippen molar-refractivity contribution in [3.8, 4) is 17.7 Å². The summed E-state index contributed by atoms with van der Waals surface area (Å²) in [5.41, 5.74) is 2.87. The van der Waals surface area contributed by atoms with Gasteiger partial charge in [0.05, 0.1) is 5.56 Å². The maximum atomic E-state index is 8.96. The van der Waals surface area contributed by atoms with E-state index in [2.05, 4.69) is 21.5 Å². The van der Waals surface area contributed by atoms with Crippen LogP contribution in [0.15, 0.2) is 30.3 Å². The molecule has 0 fully saturated rings. The average molecular weight is 241 g/mol. The van der Waals surface area contributed by atoms with Crippen LogP contribution in [-0.4, -0.2) is 9.97 Å². The summed E-state index contributed by atoms with van der Waals surface area (Å²) in [4.78, 5) is 8.16. The normalized spacial score (nSPS) is 9.61. The Morgan fingerprint density at radius 2 is 2.11 bits per heavy atom. The zero-order valence-electron chi connectivity index (χ0n) is 9.71. The van der Waals surface area contributed by atoms with E-state index in [1.165, 1.54) is 0 Å². The zero-order chi connectivity index (χ0) is 13.0. The Balaban J connectivity index is 2.34. The molecule has 0 bridgehead atoms. The number of rotatable bonds is 3. The van der Waals surface area contributed by atoms with E-state index < -0.39 is 0 Å². The summed E-state index contributed by atoms with van der Waals surface area (Å²) in [5, 5.41) is 8.96. The second-order valence-corrected chi connectivity index (χ2v) is 3.49. The average Bonchev–Trinajstić information content (AvgIpc) is 2.38. The Labute approximate surface area is 104 Å². The van der Waals surface area contributed by atoms with Crippen LogP contribution in [0.3, 0.4) is 0 Å². The van der Waals surface area contributed by atoms with Gasteiger partial charge in [0.2, 0.25) is 5.88 Å². The number of benzene rings is 1. The molecule has 6 nitrogen and oxygen atoms in total. The van der Waals surface area contributed by atoms with E-state index in [4.69, 9.17) is 15.8 Å². The van der Waals surface area contributed by atoms with Crippen LogP contribution < -0.4 is 16.0 Å². The van der Waals surface area contributed by atoms with E-state index in [0.717, 1.165) is 0 Å². The van der Waals surface area contributed by atoms with Crippen molar-refractivity contribution < 1.29 is 4.74 Å². The SMILES string of the molecule is Cc1nc(NN)cc(Oc2ccccc2C#N)n1. The Kier molecular flexibility index (Phi) is 3.36. The van der Waals surface area contributed by atoms with Crippen LogP contribution in [0.5, 0.6) is 11.6 Å². The Morgan fingerprint density at radius 3 is 2.83 bits per heavy atom. The van der Waals surface area contributed by atoms with Crippen LogP contribution in [-0.2, 0) is 0 Å². The number of hydrazine groups is 1. The van der Waals surface area contributed by atoms with Gasteiger partial charge in [-0.25, -0.2) is 10.8 Å². The van der Waals surface area contributed by atoms with Gasteiger partial charge in [-0.2, -0.15) is 10.2 Å². The summed E-state index contributed by atoms with van der Waals surface area (Å²) in [5.74, 6) is 7.04. The molecule has 1 aromatic carbocycles. The predicted octanol–water partition coefficient (Wildman–Crippen LogP) is 1.73. The van der Waals surface area contributed by atoms with Crippen molar-refractivity contribution in [2.75, 3.05) is 5.43 Å². The molecule has 0 radical (unpaired) electrons. The number of anilines is 1. The molecule has 0 saturated carbocycles. The van der Waals surface area contributed by atoms with E-state index in [9.17, 15) is 0 Å². The summed E-state index contributed by atoms with van der Waals surface area (Å²) in [6.07, 6.45) is 0. The molecular weight excluding hydrogens is 230 g/mol. The van der Waals surface area contributed by atoms with Crippen molar-refractivity contribution in [2.45, 2.75) is 6.92 Å². The van der Waals surface area contributed by atoms with Crippen LogP contribution in [0, 0.1) is 18.3 Å². The highest BCUT2D eigenvalue weighted by Gasteiger charge is 2.06. The molecule has 0 aliphatic rings. The molecule has 90 valence electrons. The number of nitrogens with one attached hydrogen (secondary N) is 1. The van der Waals surface area contributed by atoms with Crippen LogP contribution in [0.4, 0.5) is 5.82 Å². The first kappa shape index (κ1) is 11.8. The highest BCUT2D eigenvalue weighted by Crippen LogP contribution is 2.24. The lowest BCUT2D eigenvalue weighted by Gasteiger charge is -2.08. The summed E-state index contributed by atoms with van der Waals surface area (Å²) in [6, 6.07) is 10.5. The number of nitrogens with two attached hydrogens (primary N) is 1. The largest absolute Gasteiger partial charge is 0.437 e. The van der Waals surface area contributed by atoms with Crippen molar-refractivity contribution in [2.24, 2.45) is 5.84 Å². The van der Waals surface area contributed by atoms with Gasteiger partial charge in [-0.3, -0.25) is 0 Å². The van der Waals surface area contributed by atoms with Gasteiger partial charge in [0.15, 0.2) is 0 Å². The number of nitrogens with zero attached hydrogens (tertiary/aromatic N) is 3. The number of aromatic nitrogens is 2. The molecule has 0 spiro atoms. The fourth-order valence-corrected chi connectivity index (χ4v) is 1.43. The Morgan fingerprint density at radius 1 is 1.33 bits per heavy atom. The molecule has 1 heterocycles. The van der Waals surface area contributed by atoms with E-state index in [1.54, 1.807) is 37.3 Å². The van der Waals surface area contributed by atoms with Gasteiger partial charge in [0, 0.05) is 6.07 Å². The third kappa shape index (κ3) is 2.53. The summed E-state index contributed by atoms with van der Waals surface area (Å²) in [6.45, 7) is 1.73. The van der Waals surface area contributed by atoms with Gasteiger partial charge in [-0.1, -0.05) is 12.1 Å². The van der Waals surface area contributed by atoms with E-state index >= 15 is 0 Å². The first-order chi connectivity index (χ1) is 8.72. The van der Waals surface area contributed by atoms with Crippen molar-refractivity contribution in [3.63, 3.8) is 0 Å². The van der Waals surface area contributed by atoms with Crippen molar-refractivity contribution in [1.29, 1.82) is 5.26 Å². The number of hydrogen-bond donors (Lipinski definition) is 2. The first-order valence-electron chi connectivity index (χ1n) is 5.22. The number of para-hydroxylation sites is 1. The third-order valence-corrected chi connectivity index (χ3v) is 2.18. The number of aryl methyl sites for hydroxylation is 1. The number of ether oxygens (including phenoxy) is 1. The highest BCUT2D eigenvalue weighted by atomic mass is 16.5. The molecule has 0 amide bonds. The molecule has 18 heavy (non-hydrogen) atoms. The summed E-state index contributed by atoms with van der Waals surface area (Å²) < 4.78 is 5.55. The topological polar surface area (TPSA) is 96.9 Å². The fraction of sp³-hybridized carbons (Fsp3) is 0.0833. The van der Waals surface area contributed by atoms with Gasteiger partial charge >= 0.3 is 0 Å². The molecule has 3 N–H and O–H groups in total. The number of nitriles is 1. The lowest BCUT2D eigenvalue weighted by atomic mass is 10.2. The Bertz CT molecular complexity index is 606. The van der Waals surface area contributed by atoms with Gasteiger partial charge in [0.1, 0.15) is 23.5 Å². The minimum atomic E-state index is 0.332. The molecule has 0 aliphatic heterocycles. The molecule has 0 aliphatic carbocycles. The lowest BCUT2D eigenvalue weighted by molar-refractivity contribution is 0.459. The summed E-state index contributed by atoms with van der Waals surface area (Å²) in [7, 11) is 0. The van der Waals surface area contributed by atoms with Crippen LogP contribution in [0.25, 0.3) is 0 Å². The lowest BCUT2D eigenvalue weighted by Crippen LogP contribution is -2.09. The smallest absolute Gasteiger partial charge is 0.224 e. The van der Waals surface area contributed by atoms with Crippen molar-refractivity contribution in [3.05, 3.63) is 41.7 Å². The zero-order valence-corrected chi connectivity index (χ0v) is 9.71. The highest BCUT2D eigenvalue weighted by molar-refractivity contribution is 5.45. The van der Waals surface area contributed by atoms with Gasteiger partial charge in [-0.15, -0.1) is 0 Å². The van der Waals surface area contributed by atoms with Crippen molar-refractivity contribution in [1.82, 2.24) is 9.97 Å². The maximum Gasteiger partial charge on any atom is 0.224 e. The monoisotopic (exact) mass is 241 g/mol. The van der Waals surface area contributed by atoms with E-state index in [-0.39, 0.29) is 0 Å². The third-order valence-electron chi connectivity index (χ3n) is 2.18. The van der Waals surface area contributed by atoms with E-state index in [1.807, 2.05) is 0 Å². The van der Waals surface area contributed by atoms with E-state index in [0.29, 0.717) is 28.8 Å². The number of hydrogen-bond acceptors (Lipinski definition) is 6. The van der Waals surface area contributed by atoms with Crippen LogP contribution in [0.1, 0.15) is 11.4 Å². The van der Waals surface area contributed by atoms with Gasteiger partial charge < -0.3 is 10.2 Å². The molecule has 2 aromatic rings. The molecule has 1 aromatic heterocycles. The standard InChI is InChI=1S/C12H11N5O/c1-8-15-11(17-14)6-12(16-8)18-10-5-3-2-4-9(10)7-13/h2-6H,14H2,1H3,(H,15,16,17). The second-order valence-electron chi connectivity index (χ2n) is 3.49. The number of nitrogen functional groups attached to an aromatic ring is 1. The second kappa shape index (κ2) is 5.12. The molecule has 0 atom stereocenters. The maximum absolute atomic E-state index is 8.96. The van der Waals surface area contributed by atoms with Gasteiger partial charge in [0.25, 0.3) is 0 Å². The molecular formula is C12H11N5O. The van der Waals surface area contributed by atoms with Gasteiger partial charge in [-0.05, 0) is 19.1 Å². The Hall–Kier alpha value is -2.65. The summed E-state index contributed by atoms with van der Waals surface area (Å²) >= 11 is 0. The first-order valence-corrected chi connectivity index (χ1v) is 5.22. The minimum Gasteiger partial charge on any atom is -0.437 e. The molecule has 6 heteroatoms. The van der Waals surface area contributed by atoms with Crippen LogP contribution in [0.2, 0.25) is 0 Å². The molecule has 0 saturated heterocycles. The van der Waals surface area contributed by atoms with Crippen LogP contribution >= 0.6 is 0 Å².